The molecule has 1 aromatic heterocycles. The molecule has 14 heavy (non-hydrogen) atoms. The zero-order chi connectivity index (χ0) is 10.6. The molecule has 1 heterocycles. The quantitative estimate of drug-likeness (QED) is 0.734. The minimum Gasteiger partial charge on any atom is -0.351 e. The van der Waals surface area contributed by atoms with Gasteiger partial charge in [-0.05, 0) is 13.3 Å². The fraction of sp³-hybridized carbons (Fsp3) is 0.556. The number of aryl methyl sites for hydroxylation is 1. The third kappa shape index (κ3) is 2.32. The van der Waals surface area contributed by atoms with Crippen molar-refractivity contribution in [1.82, 2.24) is 10.5 Å². The Labute approximate surface area is 82.6 Å². The smallest absolute Gasteiger partial charge is 0.290 e. The molecule has 0 aliphatic rings. The molecule has 1 unspecified atom stereocenters. The Balaban J connectivity index is 2.63. The van der Waals surface area contributed by atoms with E-state index in [1.807, 2.05) is 6.92 Å². The van der Waals surface area contributed by atoms with E-state index in [0.29, 0.717) is 6.54 Å². The van der Waals surface area contributed by atoms with Gasteiger partial charge < -0.3 is 15.6 Å². The van der Waals surface area contributed by atoms with Crippen molar-refractivity contribution in [2.75, 3.05) is 6.54 Å². The van der Waals surface area contributed by atoms with Crippen molar-refractivity contribution < 1.29 is 9.32 Å². The minimum atomic E-state index is -0.252. The Bertz CT molecular complexity index is 305. The second kappa shape index (κ2) is 4.76. The van der Waals surface area contributed by atoms with Crippen LogP contribution in [0.25, 0.3) is 0 Å². The SMILES string of the molecule is CCC(CN)NC(=O)c1oncc1C. The Morgan fingerprint density at radius 1 is 1.79 bits per heavy atom. The Hall–Kier alpha value is -1.36. The molecular weight excluding hydrogens is 182 g/mol. The standard InChI is InChI=1S/C9H15N3O2/c1-3-7(4-10)12-9(13)8-6(2)5-11-14-8/h5,7H,3-4,10H2,1-2H3,(H,12,13). The van der Waals surface area contributed by atoms with Crippen LogP contribution in [0.4, 0.5) is 0 Å². The van der Waals surface area contributed by atoms with Gasteiger partial charge in [-0.25, -0.2) is 0 Å². The molecule has 1 aromatic rings. The molecule has 0 aliphatic heterocycles. The molecule has 0 saturated heterocycles. The zero-order valence-electron chi connectivity index (χ0n) is 8.41. The van der Waals surface area contributed by atoms with E-state index in [1.54, 1.807) is 6.92 Å². The van der Waals surface area contributed by atoms with Crippen LogP contribution in [0, 0.1) is 6.92 Å². The summed E-state index contributed by atoms with van der Waals surface area (Å²) < 4.78 is 4.81. The molecule has 0 saturated carbocycles. The number of hydrogen-bond acceptors (Lipinski definition) is 4. The van der Waals surface area contributed by atoms with Gasteiger partial charge in [0.1, 0.15) is 0 Å². The van der Waals surface area contributed by atoms with Crippen LogP contribution in [0.2, 0.25) is 0 Å². The summed E-state index contributed by atoms with van der Waals surface area (Å²) in [6, 6.07) is -0.00741. The number of nitrogens with two attached hydrogens (primary N) is 1. The van der Waals surface area contributed by atoms with Crippen LogP contribution < -0.4 is 11.1 Å². The molecule has 1 rings (SSSR count). The maximum absolute atomic E-state index is 11.6. The molecule has 0 aromatic carbocycles. The summed E-state index contributed by atoms with van der Waals surface area (Å²) in [5, 5.41) is 6.30. The summed E-state index contributed by atoms with van der Waals surface area (Å²) in [5.41, 5.74) is 6.19. The highest BCUT2D eigenvalue weighted by atomic mass is 16.5. The van der Waals surface area contributed by atoms with Crippen LogP contribution in [0.3, 0.4) is 0 Å². The third-order valence-electron chi connectivity index (χ3n) is 2.07. The normalized spacial score (nSPS) is 12.5. The zero-order valence-corrected chi connectivity index (χ0v) is 8.41. The van der Waals surface area contributed by atoms with Gasteiger partial charge in [0.25, 0.3) is 5.91 Å². The number of amides is 1. The van der Waals surface area contributed by atoms with Crippen LogP contribution in [0.1, 0.15) is 29.5 Å². The maximum atomic E-state index is 11.6. The van der Waals surface area contributed by atoms with Gasteiger partial charge in [-0.15, -0.1) is 0 Å². The summed E-state index contributed by atoms with van der Waals surface area (Å²) in [6.07, 6.45) is 2.31. The van der Waals surface area contributed by atoms with Crippen LogP contribution in [-0.2, 0) is 0 Å². The van der Waals surface area contributed by atoms with E-state index in [0.717, 1.165) is 12.0 Å². The Morgan fingerprint density at radius 3 is 2.93 bits per heavy atom. The fourth-order valence-electron chi connectivity index (χ4n) is 1.09. The Morgan fingerprint density at radius 2 is 2.50 bits per heavy atom. The number of hydrogen-bond donors (Lipinski definition) is 2. The van der Waals surface area contributed by atoms with E-state index >= 15 is 0 Å². The van der Waals surface area contributed by atoms with E-state index in [-0.39, 0.29) is 17.7 Å². The molecule has 1 amide bonds. The van der Waals surface area contributed by atoms with Gasteiger partial charge in [0.2, 0.25) is 5.76 Å². The molecule has 3 N–H and O–H groups in total. The molecule has 0 spiro atoms. The first kappa shape index (κ1) is 10.7. The lowest BCUT2D eigenvalue weighted by Crippen LogP contribution is -2.39. The largest absolute Gasteiger partial charge is 0.351 e. The van der Waals surface area contributed by atoms with Crippen molar-refractivity contribution in [1.29, 1.82) is 0 Å². The molecule has 78 valence electrons. The summed E-state index contributed by atoms with van der Waals surface area (Å²) in [6.45, 7) is 4.16. The van der Waals surface area contributed by atoms with E-state index in [9.17, 15) is 4.79 Å². The topological polar surface area (TPSA) is 81.1 Å². The monoisotopic (exact) mass is 197 g/mol. The van der Waals surface area contributed by atoms with Gasteiger partial charge in [-0.3, -0.25) is 4.79 Å². The third-order valence-corrected chi connectivity index (χ3v) is 2.07. The van der Waals surface area contributed by atoms with Crippen molar-refractivity contribution in [2.24, 2.45) is 5.73 Å². The van der Waals surface area contributed by atoms with Gasteiger partial charge in [0.15, 0.2) is 0 Å². The number of aromatic nitrogens is 1. The molecule has 0 bridgehead atoms. The van der Waals surface area contributed by atoms with Crippen molar-refractivity contribution in [3.05, 3.63) is 17.5 Å². The first-order valence-electron chi connectivity index (χ1n) is 4.61. The van der Waals surface area contributed by atoms with Crippen LogP contribution >= 0.6 is 0 Å². The molecule has 1 atom stereocenters. The second-order valence-corrected chi connectivity index (χ2v) is 3.15. The average molecular weight is 197 g/mol. The number of carbonyl (C=O) groups is 1. The highest BCUT2D eigenvalue weighted by molar-refractivity contribution is 5.92. The van der Waals surface area contributed by atoms with Gasteiger partial charge in [0.05, 0.1) is 6.20 Å². The number of nitrogens with one attached hydrogen (secondary N) is 1. The van der Waals surface area contributed by atoms with Gasteiger partial charge in [-0.1, -0.05) is 12.1 Å². The van der Waals surface area contributed by atoms with Crippen LogP contribution in [0.5, 0.6) is 0 Å². The lowest BCUT2D eigenvalue weighted by molar-refractivity contribution is 0.0899. The second-order valence-electron chi connectivity index (χ2n) is 3.15. The first-order valence-corrected chi connectivity index (χ1v) is 4.61. The van der Waals surface area contributed by atoms with E-state index < -0.39 is 0 Å². The lowest BCUT2D eigenvalue weighted by Gasteiger charge is -2.12. The van der Waals surface area contributed by atoms with Gasteiger partial charge >= 0.3 is 0 Å². The van der Waals surface area contributed by atoms with Crippen molar-refractivity contribution in [3.8, 4) is 0 Å². The van der Waals surface area contributed by atoms with Crippen molar-refractivity contribution >= 4 is 5.91 Å². The van der Waals surface area contributed by atoms with E-state index in [2.05, 4.69) is 10.5 Å². The summed E-state index contributed by atoms with van der Waals surface area (Å²) in [4.78, 5) is 11.6. The number of rotatable bonds is 4. The molecule has 5 heteroatoms. The first-order chi connectivity index (χ1) is 6.69. The van der Waals surface area contributed by atoms with Gasteiger partial charge in [0, 0.05) is 18.2 Å². The maximum Gasteiger partial charge on any atom is 0.290 e. The van der Waals surface area contributed by atoms with Crippen molar-refractivity contribution in [2.45, 2.75) is 26.3 Å². The number of nitrogens with zero attached hydrogens (tertiary/aromatic N) is 1. The minimum absolute atomic E-state index is 0.00741. The molecule has 0 radical (unpaired) electrons. The van der Waals surface area contributed by atoms with Crippen molar-refractivity contribution in [3.63, 3.8) is 0 Å². The summed E-state index contributed by atoms with van der Waals surface area (Å²) in [7, 11) is 0. The Kier molecular flexibility index (Phi) is 3.64. The van der Waals surface area contributed by atoms with E-state index in [4.69, 9.17) is 10.3 Å². The molecule has 0 fully saturated rings. The predicted octanol–water partition coefficient (Wildman–Crippen LogP) is 0.450. The van der Waals surface area contributed by atoms with Crippen LogP contribution in [0.15, 0.2) is 10.7 Å². The predicted molar refractivity (Wildman–Crippen MR) is 51.8 cm³/mol. The molecule has 5 nitrogen and oxygen atoms in total. The average Bonchev–Trinajstić information content (AvgIpc) is 2.60. The highest BCUT2D eigenvalue weighted by Crippen LogP contribution is 2.05. The lowest BCUT2D eigenvalue weighted by atomic mass is 10.2. The fourth-order valence-corrected chi connectivity index (χ4v) is 1.09. The van der Waals surface area contributed by atoms with E-state index in [1.165, 1.54) is 6.20 Å². The summed E-state index contributed by atoms with van der Waals surface area (Å²) in [5.74, 6) is 0.00852. The van der Waals surface area contributed by atoms with Crippen LogP contribution in [-0.4, -0.2) is 23.7 Å². The number of carbonyl (C=O) groups excluding carboxylic acids is 1. The molecular formula is C9H15N3O2. The van der Waals surface area contributed by atoms with Gasteiger partial charge in [-0.2, -0.15) is 0 Å². The summed E-state index contributed by atoms with van der Waals surface area (Å²) >= 11 is 0. The highest BCUT2D eigenvalue weighted by Gasteiger charge is 2.16. The molecule has 0 aliphatic carbocycles.